The number of carbonyl (C=O) groups is 2. The van der Waals surface area contributed by atoms with Crippen LogP contribution in [0.4, 0.5) is 4.79 Å². The van der Waals surface area contributed by atoms with Crippen molar-refractivity contribution in [1.29, 1.82) is 0 Å². The summed E-state index contributed by atoms with van der Waals surface area (Å²) >= 11 is 0. The van der Waals surface area contributed by atoms with Gasteiger partial charge in [0.15, 0.2) is 0 Å². The third-order valence-corrected chi connectivity index (χ3v) is 4.19. The van der Waals surface area contributed by atoms with Crippen LogP contribution in [0, 0.1) is 5.92 Å². The predicted molar refractivity (Wildman–Crippen MR) is 73.5 cm³/mol. The van der Waals surface area contributed by atoms with E-state index >= 15 is 0 Å². The molecule has 2 aliphatic heterocycles. The van der Waals surface area contributed by atoms with Gasteiger partial charge in [-0.3, -0.25) is 4.79 Å². The van der Waals surface area contributed by atoms with Gasteiger partial charge in [0.25, 0.3) is 0 Å². The number of rotatable bonds is 4. The number of carboxylic acid groups (broad SMARTS) is 1. The zero-order valence-electron chi connectivity index (χ0n) is 12.1. The molecule has 0 aromatic heterocycles. The smallest absolute Gasteiger partial charge is 0.317 e. The molecule has 2 unspecified atom stereocenters. The molecule has 2 rings (SSSR count). The summed E-state index contributed by atoms with van der Waals surface area (Å²) in [5.41, 5.74) is -0.269. The van der Waals surface area contributed by atoms with Crippen LogP contribution in [0.1, 0.15) is 39.0 Å². The van der Waals surface area contributed by atoms with Gasteiger partial charge < -0.3 is 20.1 Å². The van der Waals surface area contributed by atoms with E-state index in [0.29, 0.717) is 32.0 Å². The van der Waals surface area contributed by atoms with Crippen LogP contribution < -0.4 is 5.32 Å². The third-order valence-electron chi connectivity index (χ3n) is 4.19. The summed E-state index contributed by atoms with van der Waals surface area (Å²) in [6, 6.07) is -0.0455. The molecule has 2 fully saturated rings. The number of aliphatic carboxylic acids is 1. The molecule has 2 aliphatic rings. The molecule has 0 spiro atoms. The lowest BCUT2D eigenvalue weighted by atomic mass is 9.95. The monoisotopic (exact) mass is 284 g/mol. The first-order chi connectivity index (χ1) is 9.48. The minimum atomic E-state index is -0.764. The Kier molecular flexibility index (Phi) is 4.86. The van der Waals surface area contributed by atoms with Crippen molar-refractivity contribution in [2.24, 2.45) is 5.92 Å². The second kappa shape index (κ2) is 6.43. The maximum absolute atomic E-state index is 12.2. The maximum Gasteiger partial charge on any atom is 0.317 e. The van der Waals surface area contributed by atoms with Gasteiger partial charge in [-0.05, 0) is 38.5 Å². The number of likely N-dealkylation sites (tertiary alicyclic amines) is 1. The van der Waals surface area contributed by atoms with Gasteiger partial charge in [0.1, 0.15) is 0 Å². The molecule has 20 heavy (non-hydrogen) atoms. The van der Waals surface area contributed by atoms with Gasteiger partial charge in [0.05, 0.1) is 12.1 Å². The van der Waals surface area contributed by atoms with Gasteiger partial charge in [-0.2, -0.15) is 0 Å². The molecular formula is C14H24N2O4. The van der Waals surface area contributed by atoms with E-state index in [1.165, 1.54) is 0 Å². The molecule has 2 N–H and O–H groups in total. The van der Waals surface area contributed by atoms with Crippen LogP contribution in [0.3, 0.4) is 0 Å². The number of nitrogens with one attached hydrogen (secondary N) is 1. The van der Waals surface area contributed by atoms with Crippen molar-refractivity contribution in [2.75, 3.05) is 26.3 Å². The number of carboxylic acids is 1. The largest absolute Gasteiger partial charge is 0.481 e. The van der Waals surface area contributed by atoms with Gasteiger partial charge in [0, 0.05) is 26.1 Å². The van der Waals surface area contributed by atoms with Crippen molar-refractivity contribution >= 4 is 12.0 Å². The molecule has 114 valence electrons. The highest BCUT2D eigenvalue weighted by Gasteiger charge is 2.33. The standard InChI is InChI=1S/C14H24N2O4/c1-14(6-2-8-20-10-14)15-13(19)16-7-5-11(9-16)3-4-12(17)18/h11H,2-10H2,1H3,(H,15,19)(H,17,18). The number of nitrogens with zero attached hydrogens (tertiary/aromatic N) is 1. The van der Waals surface area contributed by atoms with Crippen molar-refractivity contribution in [2.45, 2.75) is 44.6 Å². The van der Waals surface area contributed by atoms with E-state index in [0.717, 1.165) is 25.9 Å². The number of ether oxygens (including phenoxy) is 1. The Morgan fingerprint density at radius 3 is 2.95 bits per heavy atom. The molecule has 0 radical (unpaired) electrons. The van der Waals surface area contributed by atoms with Crippen LogP contribution >= 0.6 is 0 Å². The summed E-state index contributed by atoms with van der Waals surface area (Å²) in [5.74, 6) is -0.452. The van der Waals surface area contributed by atoms with E-state index in [1.807, 2.05) is 6.92 Å². The fourth-order valence-corrected chi connectivity index (χ4v) is 2.95. The van der Waals surface area contributed by atoms with Crippen molar-refractivity contribution < 1.29 is 19.4 Å². The molecule has 0 saturated carbocycles. The zero-order chi connectivity index (χ0) is 14.6. The van der Waals surface area contributed by atoms with E-state index in [1.54, 1.807) is 4.90 Å². The van der Waals surface area contributed by atoms with Gasteiger partial charge in [-0.15, -0.1) is 0 Å². The van der Waals surface area contributed by atoms with Gasteiger partial charge >= 0.3 is 12.0 Å². The predicted octanol–water partition coefficient (Wildman–Crippen LogP) is 1.45. The summed E-state index contributed by atoms with van der Waals surface area (Å²) in [6.07, 6.45) is 3.64. The fraction of sp³-hybridized carbons (Fsp3) is 0.857. The van der Waals surface area contributed by atoms with Crippen molar-refractivity contribution in [3.63, 3.8) is 0 Å². The molecule has 2 atom stereocenters. The van der Waals surface area contributed by atoms with Crippen molar-refractivity contribution in [1.82, 2.24) is 10.2 Å². The first kappa shape index (κ1) is 15.1. The SMILES string of the molecule is CC1(NC(=O)N2CCC(CCC(=O)O)C2)CCCOC1. The number of hydrogen-bond acceptors (Lipinski definition) is 3. The summed E-state index contributed by atoms with van der Waals surface area (Å²) in [7, 11) is 0. The molecular weight excluding hydrogens is 260 g/mol. The number of hydrogen-bond donors (Lipinski definition) is 2. The zero-order valence-corrected chi connectivity index (χ0v) is 12.1. The third kappa shape index (κ3) is 4.10. The Bertz CT molecular complexity index is 366. The molecule has 0 aliphatic carbocycles. The highest BCUT2D eigenvalue weighted by Crippen LogP contribution is 2.23. The lowest BCUT2D eigenvalue weighted by Gasteiger charge is -2.35. The van der Waals surface area contributed by atoms with E-state index < -0.39 is 5.97 Å². The lowest BCUT2D eigenvalue weighted by Crippen LogP contribution is -2.55. The topological polar surface area (TPSA) is 78.9 Å². The summed E-state index contributed by atoms with van der Waals surface area (Å²) < 4.78 is 5.44. The van der Waals surface area contributed by atoms with E-state index in [-0.39, 0.29) is 18.0 Å². The average molecular weight is 284 g/mol. The van der Waals surface area contributed by atoms with Crippen LogP contribution in [0.25, 0.3) is 0 Å². The molecule has 2 saturated heterocycles. The van der Waals surface area contributed by atoms with Gasteiger partial charge in [-0.25, -0.2) is 4.79 Å². The lowest BCUT2D eigenvalue weighted by molar-refractivity contribution is -0.137. The average Bonchev–Trinajstić information content (AvgIpc) is 2.85. The van der Waals surface area contributed by atoms with Gasteiger partial charge in [0.2, 0.25) is 0 Å². The Morgan fingerprint density at radius 1 is 1.50 bits per heavy atom. The van der Waals surface area contributed by atoms with Gasteiger partial charge in [-0.1, -0.05) is 0 Å². The minimum Gasteiger partial charge on any atom is -0.481 e. The Hall–Kier alpha value is -1.30. The van der Waals surface area contributed by atoms with Crippen LogP contribution in [0.2, 0.25) is 0 Å². The minimum absolute atomic E-state index is 0.0455. The quantitative estimate of drug-likeness (QED) is 0.819. The second-order valence-electron chi connectivity index (χ2n) is 6.18. The Labute approximate surface area is 119 Å². The highest BCUT2D eigenvalue weighted by atomic mass is 16.5. The van der Waals surface area contributed by atoms with Crippen LogP contribution in [-0.4, -0.2) is 53.8 Å². The molecule has 0 aromatic carbocycles. The summed E-state index contributed by atoms with van der Waals surface area (Å²) in [6.45, 7) is 4.73. The van der Waals surface area contributed by atoms with E-state index in [2.05, 4.69) is 5.32 Å². The van der Waals surface area contributed by atoms with Crippen LogP contribution in [0.5, 0.6) is 0 Å². The molecule has 6 nitrogen and oxygen atoms in total. The summed E-state index contributed by atoms with van der Waals surface area (Å²) in [4.78, 5) is 24.6. The summed E-state index contributed by atoms with van der Waals surface area (Å²) in [5, 5.41) is 11.8. The van der Waals surface area contributed by atoms with E-state index in [9.17, 15) is 9.59 Å². The number of amides is 2. The Morgan fingerprint density at radius 2 is 2.30 bits per heavy atom. The molecule has 2 heterocycles. The molecule has 2 amide bonds. The van der Waals surface area contributed by atoms with Crippen LogP contribution in [-0.2, 0) is 9.53 Å². The molecule has 6 heteroatoms. The first-order valence-electron chi connectivity index (χ1n) is 7.35. The highest BCUT2D eigenvalue weighted by molar-refractivity contribution is 5.75. The molecule has 0 aromatic rings. The van der Waals surface area contributed by atoms with Crippen LogP contribution in [0.15, 0.2) is 0 Å². The first-order valence-corrected chi connectivity index (χ1v) is 7.35. The molecule has 0 bridgehead atoms. The maximum atomic E-state index is 12.2. The normalized spacial score (nSPS) is 30.2. The number of urea groups is 1. The van der Waals surface area contributed by atoms with Crippen molar-refractivity contribution in [3.05, 3.63) is 0 Å². The number of carbonyl (C=O) groups excluding carboxylic acids is 1. The Balaban J connectivity index is 1.77. The second-order valence-corrected chi connectivity index (χ2v) is 6.18. The van der Waals surface area contributed by atoms with Crippen molar-refractivity contribution in [3.8, 4) is 0 Å². The van der Waals surface area contributed by atoms with E-state index in [4.69, 9.17) is 9.84 Å². The fourth-order valence-electron chi connectivity index (χ4n) is 2.95.